The summed E-state index contributed by atoms with van der Waals surface area (Å²) >= 11 is 0. The number of morpholine rings is 1. The van der Waals surface area contributed by atoms with E-state index in [0.717, 1.165) is 16.5 Å². The lowest BCUT2D eigenvalue weighted by molar-refractivity contribution is 0.0482. The van der Waals surface area contributed by atoms with Crippen LogP contribution in [0.2, 0.25) is 0 Å². The monoisotopic (exact) mass is 472 g/mol. The van der Waals surface area contributed by atoms with E-state index in [1.165, 1.54) is 6.26 Å². The quantitative estimate of drug-likeness (QED) is 0.582. The van der Waals surface area contributed by atoms with E-state index < -0.39 is 14.6 Å². The third-order valence-corrected chi connectivity index (χ3v) is 8.70. The molecule has 0 amide bonds. The predicted molar refractivity (Wildman–Crippen MR) is 125 cm³/mol. The zero-order valence-electron chi connectivity index (χ0n) is 19.1. The number of ether oxygens (including phenoxy) is 2. The van der Waals surface area contributed by atoms with Gasteiger partial charge in [0.2, 0.25) is 0 Å². The molecule has 2 atom stereocenters. The fourth-order valence-corrected chi connectivity index (χ4v) is 4.98. The second-order valence-corrected chi connectivity index (χ2v) is 11.8. The smallest absolute Gasteiger partial charge is 0.185 e. The zero-order chi connectivity index (χ0) is 23.5. The number of anilines is 1. The first-order valence-electron chi connectivity index (χ1n) is 10.9. The molecule has 0 spiro atoms. The number of rotatable bonds is 4. The van der Waals surface area contributed by atoms with Gasteiger partial charge in [-0.15, -0.1) is 0 Å². The molecule has 3 aromatic heterocycles. The van der Waals surface area contributed by atoms with Crippen molar-refractivity contribution >= 4 is 26.7 Å². The lowest BCUT2D eigenvalue weighted by Gasteiger charge is -2.45. The number of hydrogen-bond acceptors (Lipinski definition) is 9. The van der Waals surface area contributed by atoms with Crippen LogP contribution in [0, 0.1) is 0 Å². The first-order valence-corrected chi connectivity index (χ1v) is 12.8. The Kier molecular flexibility index (Phi) is 5.11. The van der Waals surface area contributed by atoms with Crippen LogP contribution in [0.15, 0.2) is 18.5 Å². The summed E-state index contributed by atoms with van der Waals surface area (Å²) in [5.74, 6) is 1.39. The Morgan fingerprint density at radius 1 is 1.27 bits per heavy atom. The summed E-state index contributed by atoms with van der Waals surface area (Å²) in [5.41, 5.74) is 8.58. The number of aromatic nitrogens is 4. The van der Waals surface area contributed by atoms with E-state index >= 15 is 0 Å². The number of pyridine rings is 1. The Morgan fingerprint density at radius 3 is 2.79 bits per heavy atom. The van der Waals surface area contributed by atoms with Gasteiger partial charge in [0.1, 0.15) is 22.7 Å². The van der Waals surface area contributed by atoms with E-state index in [0.29, 0.717) is 48.6 Å². The fraction of sp³-hybridized carbons (Fsp3) is 0.500. The van der Waals surface area contributed by atoms with Crippen molar-refractivity contribution in [2.24, 2.45) is 5.73 Å². The molecular formula is C22H28N6O4S. The Balaban J connectivity index is 1.84. The van der Waals surface area contributed by atoms with E-state index in [1.807, 2.05) is 6.07 Å². The fourth-order valence-electron chi connectivity index (χ4n) is 4.49. The van der Waals surface area contributed by atoms with Crippen LogP contribution in [0.25, 0.3) is 22.4 Å². The number of hydrogen-bond donors (Lipinski definition) is 2. The maximum absolute atomic E-state index is 12.8. The van der Waals surface area contributed by atoms with Crippen LogP contribution in [0.4, 0.5) is 5.82 Å². The molecule has 0 bridgehead atoms. The molecule has 2 aliphatic heterocycles. The molecule has 1 saturated heterocycles. The van der Waals surface area contributed by atoms with E-state index in [4.69, 9.17) is 25.2 Å². The predicted octanol–water partition coefficient (Wildman–Crippen LogP) is 1.74. The van der Waals surface area contributed by atoms with Gasteiger partial charge in [-0.25, -0.2) is 23.4 Å². The van der Waals surface area contributed by atoms with Crippen molar-refractivity contribution < 1.29 is 17.9 Å². The molecule has 0 aromatic carbocycles. The van der Waals surface area contributed by atoms with E-state index in [1.54, 1.807) is 26.2 Å². The molecule has 1 fully saturated rings. The van der Waals surface area contributed by atoms with Gasteiger partial charge in [0.15, 0.2) is 27.2 Å². The van der Waals surface area contributed by atoms with E-state index in [-0.39, 0.29) is 18.6 Å². The second-order valence-electron chi connectivity index (χ2n) is 9.19. The number of fused-ring (bicyclic) bond motifs is 4. The summed E-state index contributed by atoms with van der Waals surface area (Å²) in [6.45, 7) is 7.03. The molecule has 11 heteroatoms. The van der Waals surface area contributed by atoms with Gasteiger partial charge >= 0.3 is 0 Å². The lowest BCUT2D eigenvalue weighted by Crippen LogP contribution is -2.56. The SMILES string of the molecule is CC1COCC2COc3c(nc(-c4c(CN)cnc5[nH]ccc45)nc3C(C)(C)S(C)(=O)=O)N12. The number of nitrogens with two attached hydrogens (primary N) is 1. The Hall–Kier alpha value is -2.76. The van der Waals surface area contributed by atoms with Crippen LogP contribution in [0.3, 0.4) is 0 Å². The van der Waals surface area contributed by atoms with Crippen LogP contribution >= 0.6 is 0 Å². The normalized spacial score (nSPS) is 20.9. The maximum atomic E-state index is 12.8. The summed E-state index contributed by atoms with van der Waals surface area (Å²) in [6.07, 6.45) is 4.71. The van der Waals surface area contributed by atoms with Crippen LogP contribution in [-0.4, -0.2) is 66.5 Å². The minimum Gasteiger partial charge on any atom is -0.486 e. The van der Waals surface area contributed by atoms with Crippen molar-refractivity contribution in [3.8, 4) is 17.1 Å². The number of aromatic amines is 1. The minimum absolute atomic E-state index is 0.0168. The molecule has 5 rings (SSSR count). The van der Waals surface area contributed by atoms with Crippen molar-refractivity contribution in [2.45, 2.75) is 44.1 Å². The molecule has 2 aliphatic rings. The number of nitrogens with zero attached hydrogens (tertiary/aromatic N) is 4. The molecule has 33 heavy (non-hydrogen) atoms. The highest BCUT2D eigenvalue weighted by atomic mass is 32.2. The summed E-state index contributed by atoms with van der Waals surface area (Å²) in [7, 11) is -3.53. The maximum Gasteiger partial charge on any atom is 0.185 e. The van der Waals surface area contributed by atoms with Crippen LogP contribution in [0.1, 0.15) is 32.0 Å². The van der Waals surface area contributed by atoms with E-state index in [2.05, 4.69) is 21.8 Å². The number of H-pyrrole nitrogens is 1. The topological polar surface area (TPSA) is 136 Å². The highest BCUT2D eigenvalue weighted by Gasteiger charge is 2.44. The van der Waals surface area contributed by atoms with Gasteiger partial charge in [0.25, 0.3) is 0 Å². The van der Waals surface area contributed by atoms with Gasteiger partial charge < -0.3 is 25.1 Å². The van der Waals surface area contributed by atoms with Gasteiger partial charge in [-0.05, 0) is 32.4 Å². The largest absolute Gasteiger partial charge is 0.486 e. The summed E-state index contributed by atoms with van der Waals surface area (Å²) in [6, 6.07) is 1.93. The van der Waals surface area contributed by atoms with Gasteiger partial charge in [0.05, 0.1) is 25.3 Å². The first kappa shape index (κ1) is 22.1. The van der Waals surface area contributed by atoms with Crippen molar-refractivity contribution in [3.63, 3.8) is 0 Å². The molecule has 3 aromatic rings. The standard InChI is InChI=1S/C22H28N6O4S/c1-12-9-31-10-14-11-32-17-18(22(2,3)33(4,29)30)26-20(27-21(17)28(12)14)16-13(7-23)8-25-19-15(16)5-6-24-19/h5-6,8,12,14H,7,9-11,23H2,1-4H3,(H,24,25). The molecule has 176 valence electrons. The van der Waals surface area contributed by atoms with Crippen molar-refractivity contribution in [1.29, 1.82) is 0 Å². The Labute approximate surface area is 192 Å². The molecule has 5 heterocycles. The molecular weight excluding hydrogens is 444 g/mol. The average Bonchev–Trinajstić information content (AvgIpc) is 3.25. The Morgan fingerprint density at radius 2 is 2.06 bits per heavy atom. The molecule has 3 N–H and O–H groups in total. The molecule has 0 saturated carbocycles. The summed E-state index contributed by atoms with van der Waals surface area (Å²) < 4.78 is 36.2. The molecule has 0 radical (unpaired) electrons. The van der Waals surface area contributed by atoms with Crippen LogP contribution < -0.4 is 15.4 Å². The summed E-state index contributed by atoms with van der Waals surface area (Å²) in [5, 5.41) is 0.823. The highest BCUT2D eigenvalue weighted by Crippen LogP contribution is 2.45. The summed E-state index contributed by atoms with van der Waals surface area (Å²) in [4.78, 5) is 19.5. The number of nitrogens with one attached hydrogen (secondary N) is 1. The van der Waals surface area contributed by atoms with Gasteiger partial charge in [-0.2, -0.15) is 0 Å². The lowest BCUT2D eigenvalue weighted by atomic mass is 10.0. The Bertz CT molecular complexity index is 1340. The highest BCUT2D eigenvalue weighted by molar-refractivity contribution is 7.91. The van der Waals surface area contributed by atoms with E-state index in [9.17, 15) is 8.42 Å². The van der Waals surface area contributed by atoms with Crippen LogP contribution in [0.5, 0.6) is 5.75 Å². The van der Waals surface area contributed by atoms with Crippen LogP contribution in [-0.2, 0) is 25.9 Å². The second kappa shape index (κ2) is 7.64. The minimum atomic E-state index is -3.53. The molecule has 0 aliphatic carbocycles. The molecule has 10 nitrogen and oxygen atoms in total. The number of sulfone groups is 1. The third-order valence-electron chi connectivity index (χ3n) is 6.66. The van der Waals surface area contributed by atoms with Gasteiger partial charge in [0, 0.05) is 36.1 Å². The zero-order valence-corrected chi connectivity index (χ0v) is 19.9. The van der Waals surface area contributed by atoms with Crippen molar-refractivity contribution in [1.82, 2.24) is 19.9 Å². The average molecular weight is 473 g/mol. The van der Waals surface area contributed by atoms with Crippen molar-refractivity contribution in [3.05, 3.63) is 29.7 Å². The molecule has 2 unspecified atom stereocenters. The first-order chi connectivity index (χ1) is 15.6. The third kappa shape index (κ3) is 3.37. The van der Waals surface area contributed by atoms with Crippen molar-refractivity contribution in [2.75, 3.05) is 31.0 Å². The van der Waals surface area contributed by atoms with Gasteiger partial charge in [-0.1, -0.05) is 0 Å². The van der Waals surface area contributed by atoms with Gasteiger partial charge in [-0.3, -0.25) is 0 Å².